The third-order valence-electron chi connectivity index (χ3n) is 7.29. The van der Waals surface area contributed by atoms with Crippen LogP contribution >= 0.6 is 0 Å². The van der Waals surface area contributed by atoms with Gasteiger partial charge in [0.1, 0.15) is 5.54 Å². The van der Waals surface area contributed by atoms with E-state index in [0.717, 1.165) is 5.56 Å². The molecule has 0 bridgehead atoms. The van der Waals surface area contributed by atoms with Crippen molar-refractivity contribution in [3.05, 3.63) is 47.5 Å². The predicted molar refractivity (Wildman–Crippen MR) is 146 cm³/mol. The highest BCUT2D eigenvalue weighted by molar-refractivity contribution is 5.94. The monoisotopic (exact) mass is 501 g/mol. The van der Waals surface area contributed by atoms with Crippen LogP contribution in [0.4, 0.5) is 0 Å². The smallest absolute Gasteiger partial charge is 0.331 e. The van der Waals surface area contributed by atoms with Crippen molar-refractivity contribution < 1.29 is 19.5 Å². The van der Waals surface area contributed by atoms with Crippen molar-refractivity contribution in [1.29, 1.82) is 0 Å². The number of carboxylic acid groups (broad SMARTS) is 1. The Bertz CT molecular complexity index is 920. The molecule has 1 aromatic carbocycles. The summed E-state index contributed by atoms with van der Waals surface area (Å²) in [7, 11) is 3.49. The molecule has 1 rings (SSSR count). The van der Waals surface area contributed by atoms with Crippen molar-refractivity contribution in [2.45, 2.75) is 85.9 Å². The number of nitrogens with zero attached hydrogens (tertiary/aromatic N) is 2. The molecule has 3 atom stereocenters. The maximum absolute atomic E-state index is 14.4. The summed E-state index contributed by atoms with van der Waals surface area (Å²) in [6.07, 6.45) is 2.57. The van der Waals surface area contributed by atoms with E-state index in [-0.39, 0.29) is 23.3 Å². The Morgan fingerprint density at radius 1 is 1.08 bits per heavy atom. The normalized spacial score (nSPS) is 15.7. The molecule has 0 aliphatic rings. The van der Waals surface area contributed by atoms with E-state index < -0.39 is 29.0 Å². The molecular weight excluding hydrogens is 454 g/mol. The molecule has 0 saturated carbocycles. The lowest BCUT2D eigenvalue weighted by atomic mass is 9.68. The minimum atomic E-state index is -1.13. The summed E-state index contributed by atoms with van der Waals surface area (Å²) in [5, 5.41) is 12.6. The maximum atomic E-state index is 14.4. The van der Waals surface area contributed by atoms with Crippen molar-refractivity contribution in [3.63, 3.8) is 0 Å². The summed E-state index contributed by atoms with van der Waals surface area (Å²) < 4.78 is 0. The average Bonchev–Trinajstić information content (AvgIpc) is 2.82. The summed E-state index contributed by atoms with van der Waals surface area (Å²) in [5.74, 6) is -1.34. The first-order valence-corrected chi connectivity index (χ1v) is 12.9. The Kier molecular flexibility index (Phi) is 11.4. The fourth-order valence-corrected chi connectivity index (χ4v) is 5.18. The largest absolute Gasteiger partial charge is 0.478 e. The summed E-state index contributed by atoms with van der Waals surface area (Å²) in [4.78, 5) is 43.4. The zero-order chi connectivity index (χ0) is 27.8. The van der Waals surface area contributed by atoms with Crippen LogP contribution in [0.1, 0.15) is 67.4 Å². The third kappa shape index (κ3) is 6.75. The number of carbonyl (C=O) groups is 3. The summed E-state index contributed by atoms with van der Waals surface area (Å²) in [5.41, 5.74) is -0.488. The third-order valence-corrected chi connectivity index (χ3v) is 7.29. The lowest BCUT2D eigenvalue weighted by Gasteiger charge is -2.53. The van der Waals surface area contributed by atoms with Crippen LogP contribution in [-0.2, 0) is 20.8 Å². The van der Waals surface area contributed by atoms with Gasteiger partial charge in [-0.05, 0) is 50.6 Å². The number of nitrogens with one attached hydrogen (secondary N) is 1. The minimum absolute atomic E-state index is 0.0170. The van der Waals surface area contributed by atoms with E-state index in [9.17, 15) is 19.5 Å². The van der Waals surface area contributed by atoms with Gasteiger partial charge in [-0.15, -0.1) is 0 Å². The second-order valence-electron chi connectivity index (χ2n) is 10.9. The van der Waals surface area contributed by atoms with Crippen LogP contribution in [0.15, 0.2) is 42.0 Å². The lowest BCUT2D eigenvalue weighted by Crippen LogP contribution is -2.69. The van der Waals surface area contributed by atoms with Crippen molar-refractivity contribution in [3.8, 4) is 0 Å². The number of hydrogen-bond acceptors (Lipinski definition) is 4. The van der Waals surface area contributed by atoms with Gasteiger partial charge in [-0.25, -0.2) is 4.79 Å². The number of likely N-dealkylation sites (N-methyl/N-ethyl adjacent to an activating group) is 3. The Morgan fingerprint density at radius 2 is 1.64 bits per heavy atom. The molecule has 0 aromatic heterocycles. The van der Waals surface area contributed by atoms with E-state index >= 15 is 0 Å². The first-order valence-electron chi connectivity index (χ1n) is 12.9. The molecule has 0 heterocycles. The van der Waals surface area contributed by atoms with Crippen molar-refractivity contribution in [2.24, 2.45) is 11.3 Å². The Balaban J connectivity index is 3.60. The van der Waals surface area contributed by atoms with E-state index in [0.29, 0.717) is 19.4 Å². The number of benzene rings is 1. The Hall–Kier alpha value is -2.67. The van der Waals surface area contributed by atoms with Crippen molar-refractivity contribution in [2.75, 3.05) is 20.6 Å². The second kappa shape index (κ2) is 13.0. The topological polar surface area (TPSA) is 90.0 Å². The highest BCUT2D eigenvalue weighted by Crippen LogP contribution is 2.41. The zero-order valence-electron chi connectivity index (χ0n) is 23.9. The number of rotatable bonds is 12. The number of carboxylic acids is 1. The van der Waals surface area contributed by atoms with Crippen LogP contribution in [-0.4, -0.2) is 71.0 Å². The van der Waals surface area contributed by atoms with Gasteiger partial charge in [-0.2, -0.15) is 0 Å². The van der Waals surface area contributed by atoms with Gasteiger partial charge in [0, 0.05) is 19.2 Å². The van der Waals surface area contributed by atoms with E-state index in [1.165, 1.54) is 6.92 Å². The van der Waals surface area contributed by atoms with Crippen molar-refractivity contribution in [1.82, 2.24) is 15.1 Å². The van der Waals surface area contributed by atoms with E-state index in [2.05, 4.69) is 5.32 Å². The molecule has 0 unspecified atom stereocenters. The quantitative estimate of drug-likeness (QED) is 0.415. The van der Waals surface area contributed by atoms with Gasteiger partial charge in [-0.1, -0.05) is 78.0 Å². The molecule has 0 saturated heterocycles. The Labute approximate surface area is 217 Å². The van der Waals surface area contributed by atoms with E-state index in [1.54, 1.807) is 30.0 Å². The standard InChI is InChI=1S/C29H47N3O4/c1-11-29(28(6,7)8,27(36)31(10)24(20(3)4)18-21(5)26(34)35)32(12-2)25(33)23(30-9)19-22-16-14-13-15-17-22/h13-18,20,23-24,30H,11-12,19H2,1-10H3,(H,34,35)/b21-18+/t23-,24-,29-/m1/s1. The molecule has 2 amide bonds. The zero-order valence-corrected chi connectivity index (χ0v) is 23.9. The summed E-state index contributed by atoms with van der Waals surface area (Å²) in [6, 6.07) is 8.91. The van der Waals surface area contributed by atoms with Crippen LogP contribution < -0.4 is 5.32 Å². The molecule has 202 valence electrons. The van der Waals surface area contributed by atoms with Gasteiger partial charge in [0.15, 0.2) is 0 Å². The van der Waals surface area contributed by atoms with Gasteiger partial charge < -0.3 is 20.2 Å². The molecule has 0 aliphatic carbocycles. The van der Waals surface area contributed by atoms with Crippen LogP contribution in [0.25, 0.3) is 0 Å². The molecule has 1 aromatic rings. The first-order chi connectivity index (χ1) is 16.7. The first kappa shape index (κ1) is 31.4. The van der Waals surface area contributed by atoms with Crippen LogP contribution in [0.2, 0.25) is 0 Å². The number of hydrogen-bond donors (Lipinski definition) is 2. The summed E-state index contributed by atoms with van der Waals surface area (Å²) >= 11 is 0. The molecular formula is C29H47N3O4. The van der Waals surface area contributed by atoms with E-state index in [4.69, 9.17) is 0 Å². The van der Waals surface area contributed by atoms with Crippen LogP contribution in [0, 0.1) is 11.3 Å². The fraction of sp³-hybridized carbons (Fsp3) is 0.621. The van der Waals surface area contributed by atoms with Crippen LogP contribution in [0.3, 0.4) is 0 Å². The van der Waals surface area contributed by atoms with Crippen molar-refractivity contribution >= 4 is 17.8 Å². The molecule has 0 spiro atoms. The highest BCUT2D eigenvalue weighted by Gasteiger charge is 2.55. The van der Waals surface area contributed by atoms with Gasteiger partial charge in [0.05, 0.1) is 12.1 Å². The highest BCUT2D eigenvalue weighted by atomic mass is 16.4. The maximum Gasteiger partial charge on any atom is 0.331 e. The minimum Gasteiger partial charge on any atom is -0.478 e. The molecule has 0 aliphatic heterocycles. The molecule has 36 heavy (non-hydrogen) atoms. The molecule has 0 fully saturated rings. The summed E-state index contributed by atoms with van der Waals surface area (Å²) in [6.45, 7) is 15.7. The lowest BCUT2D eigenvalue weighted by molar-refractivity contribution is -0.165. The molecule has 0 radical (unpaired) electrons. The molecule has 7 heteroatoms. The number of carbonyl (C=O) groups excluding carboxylic acids is 2. The average molecular weight is 502 g/mol. The molecule has 2 N–H and O–H groups in total. The van der Waals surface area contributed by atoms with Gasteiger partial charge >= 0.3 is 5.97 Å². The predicted octanol–water partition coefficient (Wildman–Crippen LogP) is 4.37. The van der Waals surface area contributed by atoms with Gasteiger partial charge in [0.2, 0.25) is 11.8 Å². The van der Waals surface area contributed by atoms with Gasteiger partial charge in [0.25, 0.3) is 0 Å². The number of amides is 2. The second-order valence-corrected chi connectivity index (χ2v) is 10.9. The van der Waals surface area contributed by atoms with Crippen LogP contribution in [0.5, 0.6) is 0 Å². The Morgan fingerprint density at radius 3 is 2.03 bits per heavy atom. The molecule has 7 nitrogen and oxygen atoms in total. The van der Waals surface area contributed by atoms with Gasteiger partial charge in [-0.3, -0.25) is 9.59 Å². The SMILES string of the molecule is CCN(C(=O)[C@@H](Cc1ccccc1)NC)[C@](CC)(C(=O)N(C)[C@H](/C=C(\C)C(=O)O)C(C)C)C(C)(C)C. The number of aliphatic carboxylic acids is 1. The fourth-order valence-electron chi connectivity index (χ4n) is 5.18. The van der Waals surface area contributed by atoms with E-state index in [1.807, 2.05) is 78.8 Å².